The van der Waals surface area contributed by atoms with Gasteiger partial charge in [0.15, 0.2) is 0 Å². The van der Waals surface area contributed by atoms with Gasteiger partial charge in [-0.15, -0.1) is 0 Å². The van der Waals surface area contributed by atoms with Crippen LogP contribution in [0, 0.1) is 11.8 Å². The van der Waals surface area contributed by atoms with Gasteiger partial charge in [0.2, 0.25) is 0 Å². The van der Waals surface area contributed by atoms with Gasteiger partial charge in [-0.25, -0.2) is 4.39 Å². The Morgan fingerprint density at radius 3 is 2.86 bits per heavy atom. The summed E-state index contributed by atoms with van der Waals surface area (Å²) in [6.07, 6.45) is 8.23. The minimum Gasteiger partial charge on any atom is -0.497 e. The molecule has 2 unspecified atom stereocenters. The zero-order valence-electron chi connectivity index (χ0n) is 21.6. The standard InChI is InChI=1S/C29H37FN4O3/c1-37-24-9-11-28-26(19-24)25(13-16-31-28)27(30)10-7-21-14-18-34(20-22(21)8-12-29(35)36)17-3-2-5-23-6-4-15-32-33-23/h4,6,9,11,13,15-16,19,21-22,27H,2-3,5,7-8,10,12,14,17-18,20H2,1H3,(H,35,36)/t21?,22?,27-/m0/s1. The maximum Gasteiger partial charge on any atom is 0.303 e. The van der Waals surface area contributed by atoms with Gasteiger partial charge in [0.25, 0.3) is 0 Å². The van der Waals surface area contributed by atoms with E-state index in [1.807, 2.05) is 30.3 Å². The number of ether oxygens (including phenoxy) is 1. The number of hydrogen-bond donors (Lipinski definition) is 1. The van der Waals surface area contributed by atoms with Crippen LogP contribution in [0.2, 0.25) is 0 Å². The van der Waals surface area contributed by atoms with Crippen LogP contribution in [0.3, 0.4) is 0 Å². The fourth-order valence-corrected chi connectivity index (χ4v) is 5.55. The van der Waals surface area contributed by atoms with Gasteiger partial charge < -0.3 is 14.7 Å². The number of benzene rings is 1. The van der Waals surface area contributed by atoms with Crippen molar-refractivity contribution in [1.82, 2.24) is 20.1 Å². The number of nitrogens with zero attached hydrogens (tertiary/aromatic N) is 4. The number of likely N-dealkylation sites (tertiary alicyclic amines) is 1. The molecule has 1 saturated heterocycles. The second kappa shape index (κ2) is 13.4. The van der Waals surface area contributed by atoms with Crippen LogP contribution >= 0.6 is 0 Å². The minimum absolute atomic E-state index is 0.162. The number of methoxy groups -OCH3 is 1. The van der Waals surface area contributed by atoms with E-state index in [9.17, 15) is 9.90 Å². The first-order valence-electron chi connectivity index (χ1n) is 13.3. The number of carboxylic acid groups (broad SMARTS) is 1. The number of carbonyl (C=O) groups is 1. The molecule has 37 heavy (non-hydrogen) atoms. The summed E-state index contributed by atoms with van der Waals surface area (Å²) in [6.45, 7) is 2.86. The largest absolute Gasteiger partial charge is 0.497 e. The second-order valence-electron chi connectivity index (χ2n) is 10.0. The van der Waals surface area contributed by atoms with Crippen molar-refractivity contribution in [2.45, 2.75) is 57.5 Å². The number of aryl methyl sites for hydroxylation is 1. The fraction of sp³-hybridized carbons (Fsp3) is 0.517. The first kappa shape index (κ1) is 26.9. The lowest BCUT2D eigenvalue weighted by Gasteiger charge is -2.39. The summed E-state index contributed by atoms with van der Waals surface area (Å²) in [5, 5.41) is 18.2. The highest BCUT2D eigenvalue weighted by molar-refractivity contribution is 5.83. The van der Waals surface area contributed by atoms with E-state index in [2.05, 4.69) is 20.1 Å². The van der Waals surface area contributed by atoms with E-state index in [4.69, 9.17) is 4.74 Å². The molecule has 4 rings (SSSR count). The molecule has 2 aromatic heterocycles. The molecule has 1 aliphatic heterocycles. The summed E-state index contributed by atoms with van der Waals surface area (Å²) in [7, 11) is 1.60. The summed E-state index contributed by atoms with van der Waals surface area (Å²) in [5.74, 6) is 0.523. The van der Waals surface area contributed by atoms with E-state index in [-0.39, 0.29) is 12.3 Å². The molecule has 7 nitrogen and oxygen atoms in total. The molecule has 0 amide bonds. The zero-order chi connectivity index (χ0) is 26.0. The molecular weight excluding hydrogens is 471 g/mol. The molecular formula is C29H37FN4O3. The van der Waals surface area contributed by atoms with Crippen molar-refractivity contribution in [2.75, 3.05) is 26.7 Å². The highest BCUT2D eigenvalue weighted by atomic mass is 19.1. The van der Waals surface area contributed by atoms with Gasteiger partial charge >= 0.3 is 5.97 Å². The Bertz CT molecular complexity index is 1150. The van der Waals surface area contributed by atoms with Crippen LogP contribution in [-0.2, 0) is 11.2 Å². The summed E-state index contributed by atoms with van der Waals surface area (Å²) >= 11 is 0. The van der Waals surface area contributed by atoms with E-state index >= 15 is 4.39 Å². The van der Waals surface area contributed by atoms with Crippen LogP contribution in [0.15, 0.2) is 48.8 Å². The summed E-state index contributed by atoms with van der Waals surface area (Å²) < 4.78 is 20.9. The lowest BCUT2D eigenvalue weighted by atomic mass is 9.79. The van der Waals surface area contributed by atoms with E-state index in [0.717, 1.165) is 68.3 Å². The van der Waals surface area contributed by atoms with E-state index in [1.54, 1.807) is 25.6 Å². The van der Waals surface area contributed by atoms with Crippen molar-refractivity contribution in [3.63, 3.8) is 0 Å². The highest BCUT2D eigenvalue weighted by Crippen LogP contribution is 2.36. The maximum atomic E-state index is 15.5. The maximum absolute atomic E-state index is 15.5. The highest BCUT2D eigenvalue weighted by Gasteiger charge is 2.30. The van der Waals surface area contributed by atoms with Gasteiger partial charge in [0.05, 0.1) is 18.3 Å². The van der Waals surface area contributed by atoms with Gasteiger partial charge in [0.1, 0.15) is 11.9 Å². The van der Waals surface area contributed by atoms with Gasteiger partial charge in [-0.3, -0.25) is 9.78 Å². The molecule has 1 aliphatic rings. The quantitative estimate of drug-likeness (QED) is 0.299. The number of carboxylic acids is 1. The van der Waals surface area contributed by atoms with Crippen LogP contribution in [0.25, 0.3) is 10.9 Å². The topological polar surface area (TPSA) is 88.4 Å². The third-order valence-corrected chi connectivity index (χ3v) is 7.60. The van der Waals surface area contributed by atoms with Crippen LogP contribution in [0.5, 0.6) is 5.75 Å². The molecule has 0 spiro atoms. The minimum atomic E-state index is -1.10. The molecule has 0 aliphatic carbocycles. The van der Waals surface area contributed by atoms with Crippen molar-refractivity contribution in [3.8, 4) is 5.75 Å². The van der Waals surface area contributed by atoms with E-state index in [0.29, 0.717) is 30.1 Å². The normalized spacial score (nSPS) is 19.1. The van der Waals surface area contributed by atoms with Crippen molar-refractivity contribution in [1.29, 1.82) is 0 Å². The number of unbranched alkanes of at least 4 members (excludes halogenated alkanes) is 1. The number of halogens is 1. The lowest BCUT2D eigenvalue weighted by molar-refractivity contribution is -0.137. The predicted octanol–water partition coefficient (Wildman–Crippen LogP) is 5.65. The molecule has 3 atom stereocenters. The Labute approximate surface area is 218 Å². The van der Waals surface area contributed by atoms with Crippen molar-refractivity contribution < 1.29 is 19.0 Å². The van der Waals surface area contributed by atoms with Crippen LogP contribution in [-0.4, -0.2) is 57.9 Å². The van der Waals surface area contributed by atoms with Gasteiger partial charge in [-0.05, 0) is 112 Å². The Morgan fingerprint density at radius 2 is 2.08 bits per heavy atom. The van der Waals surface area contributed by atoms with Crippen LogP contribution in [0.1, 0.15) is 62.4 Å². The Morgan fingerprint density at radius 1 is 1.19 bits per heavy atom. The summed E-state index contributed by atoms with van der Waals surface area (Å²) in [4.78, 5) is 18.1. The molecule has 1 N–H and O–H groups in total. The molecule has 0 saturated carbocycles. The SMILES string of the molecule is COc1ccc2nccc([C@@H](F)CCC3CCN(CCCCc4cccnn4)CC3CCC(=O)O)c2c1. The first-order chi connectivity index (χ1) is 18.0. The average molecular weight is 509 g/mol. The Hall–Kier alpha value is -3.13. The number of aromatic nitrogens is 3. The summed E-state index contributed by atoms with van der Waals surface area (Å²) in [6, 6.07) is 11.2. The molecule has 3 aromatic rings. The Kier molecular flexibility index (Phi) is 9.77. The fourth-order valence-electron chi connectivity index (χ4n) is 5.55. The van der Waals surface area contributed by atoms with E-state index < -0.39 is 12.1 Å². The van der Waals surface area contributed by atoms with Crippen molar-refractivity contribution >= 4 is 16.9 Å². The lowest BCUT2D eigenvalue weighted by Crippen LogP contribution is -2.41. The number of fused-ring (bicyclic) bond motifs is 1. The van der Waals surface area contributed by atoms with Crippen LogP contribution in [0.4, 0.5) is 4.39 Å². The number of hydrogen-bond acceptors (Lipinski definition) is 6. The summed E-state index contributed by atoms with van der Waals surface area (Å²) in [5.41, 5.74) is 2.42. The zero-order valence-corrected chi connectivity index (χ0v) is 21.6. The third kappa shape index (κ3) is 7.68. The van der Waals surface area contributed by atoms with Crippen molar-refractivity contribution in [3.05, 3.63) is 60.0 Å². The molecule has 8 heteroatoms. The molecule has 3 heterocycles. The second-order valence-corrected chi connectivity index (χ2v) is 10.0. The number of aliphatic carboxylic acids is 1. The Balaban J connectivity index is 1.32. The van der Waals surface area contributed by atoms with E-state index in [1.165, 1.54) is 0 Å². The average Bonchev–Trinajstić information content (AvgIpc) is 2.93. The first-order valence-corrected chi connectivity index (χ1v) is 13.3. The van der Waals surface area contributed by atoms with Gasteiger partial charge in [0, 0.05) is 30.7 Å². The molecule has 198 valence electrons. The number of piperidine rings is 1. The molecule has 0 radical (unpaired) electrons. The predicted molar refractivity (Wildman–Crippen MR) is 141 cm³/mol. The van der Waals surface area contributed by atoms with Crippen LogP contribution < -0.4 is 4.74 Å². The molecule has 0 bridgehead atoms. The third-order valence-electron chi connectivity index (χ3n) is 7.60. The van der Waals surface area contributed by atoms with Gasteiger partial charge in [-0.1, -0.05) is 0 Å². The number of rotatable bonds is 13. The van der Waals surface area contributed by atoms with Gasteiger partial charge in [-0.2, -0.15) is 10.2 Å². The van der Waals surface area contributed by atoms with Crippen molar-refractivity contribution in [2.24, 2.45) is 11.8 Å². The smallest absolute Gasteiger partial charge is 0.303 e. The number of alkyl halides is 1. The molecule has 1 fully saturated rings. The molecule has 1 aromatic carbocycles. The number of pyridine rings is 1. The monoisotopic (exact) mass is 508 g/mol.